The first kappa shape index (κ1) is 55.6. The van der Waals surface area contributed by atoms with Crippen molar-refractivity contribution < 1.29 is 38.4 Å². The van der Waals surface area contributed by atoms with Gasteiger partial charge in [-0.3, -0.25) is 33.5 Å². The highest BCUT2D eigenvalue weighted by atomic mass is 32.2. The van der Waals surface area contributed by atoms with Crippen molar-refractivity contribution in [3.8, 4) is 0 Å². The van der Waals surface area contributed by atoms with Crippen LogP contribution in [0.25, 0.3) is 0 Å². The van der Waals surface area contributed by atoms with Crippen molar-refractivity contribution in [3.05, 3.63) is 71.3 Å². The third-order valence-corrected chi connectivity index (χ3v) is 11.5. The molecule has 0 aliphatic rings. The molecule has 360 valence electrons. The minimum Gasteiger partial charge on any atom is -0.352 e. The standard InChI is InChI=1S/C46H72N10O8S/c1-12-30-25-32(20-21-33(30)53-40(60)34(19-16-23-50-43(47)63)52-36(58)27-51-35(57)26-45(6,7)28-64-48)65-55-39(59)29(2)22-24-56(11)42(62)38(44(3,4)5)54-41(61)37(49-10)46(8,9)31-17-14-13-15-18-31/h13-15,17-18,20-22,25,34,37-38,49H,12,16,19,23-24,26-28,48H2,1-11H3,(H,51,57)(H,52,58)(H,53,60)(H,54,61)(H,55,59)(H3,47,50,63)/b29-22+. The van der Waals surface area contributed by atoms with Crippen LogP contribution in [0.5, 0.6) is 0 Å². The first-order valence-electron chi connectivity index (χ1n) is 21.6. The molecule has 2 aromatic rings. The van der Waals surface area contributed by atoms with E-state index in [1.54, 1.807) is 53.1 Å². The molecular weight excluding hydrogens is 853 g/mol. The second-order valence-electron chi connectivity index (χ2n) is 18.4. The number of anilines is 1. The van der Waals surface area contributed by atoms with Gasteiger partial charge in [-0.15, -0.1) is 0 Å². The summed E-state index contributed by atoms with van der Waals surface area (Å²) >= 11 is 1.08. The number of carbonyl (C=O) groups is 7. The highest BCUT2D eigenvalue weighted by molar-refractivity contribution is 7.98. The zero-order valence-corrected chi connectivity index (χ0v) is 40.7. The van der Waals surface area contributed by atoms with Crippen molar-refractivity contribution in [2.45, 2.75) is 116 Å². The second kappa shape index (κ2) is 25.8. The number of urea groups is 1. The Morgan fingerprint density at radius 2 is 1.54 bits per heavy atom. The van der Waals surface area contributed by atoms with Gasteiger partial charge in [-0.25, -0.2) is 10.7 Å². The van der Waals surface area contributed by atoms with Crippen LogP contribution in [0, 0.1) is 10.8 Å². The lowest BCUT2D eigenvalue weighted by molar-refractivity contribution is -0.139. The van der Waals surface area contributed by atoms with Gasteiger partial charge in [-0.2, -0.15) is 0 Å². The molecule has 0 spiro atoms. The number of nitrogens with two attached hydrogens (primary N) is 2. The summed E-state index contributed by atoms with van der Waals surface area (Å²) in [5.41, 5.74) is 6.01. The van der Waals surface area contributed by atoms with Crippen molar-refractivity contribution in [1.82, 2.24) is 36.2 Å². The quantitative estimate of drug-likeness (QED) is 0.0302. The summed E-state index contributed by atoms with van der Waals surface area (Å²) in [7, 11) is 3.35. The number of carbonyl (C=O) groups excluding carboxylic acids is 7. The predicted octanol–water partition coefficient (Wildman–Crippen LogP) is 3.17. The largest absolute Gasteiger partial charge is 0.352 e. The van der Waals surface area contributed by atoms with Crippen LogP contribution in [0.2, 0.25) is 0 Å². The number of amides is 8. The monoisotopic (exact) mass is 925 g/mol. The highest BCUT2D eigenvalue weighted by Gasteiger charge is 2.40. The van der Waals surface area contributed by atoms with Crippen molar-refractivity contribution >= 4 is 59.1 Å². The summed E-state index contributed by atoms with van der Waals surface area (Å²) in [6, 6.07) is 11.7. The molecule has 11 N–H and O–H groups in total. The van der Waals surface area contributed by atoms with Gasteiger partial charge in [0.15, 0.2) is 0 Å². The molecule has 3 unspecified atom stereocenters. The van der Waals surface area contributed by atoms with Crippen LogP contribution in [-0.2, 0) is 45.4 Å². The lowest BCUT2D eigenvalue weighted by atomic mass is 9.76. The molecule has 3 atom stereocenters. The first-order chi connectivity index (χ1) is 30.4. The van der Waals surface area contributed by atoms with Crippen molar-refractivity contribution in [2.24, 2.45) is 22.5 Å². The Labute approximate surface area is 388 Å². The van der Waals surface area contributed by atoms with Gasteiger partial charge < -0.3 is 47.4 Å². The van der Waals surface area contributed by atoms with E-state index < -0.39 is 58.1 Å². The molecule has 0 bridgehead atoms. The fourth-order valence-electron chi connectivity index (χ4n) is 6.84. The third-order valence-electron chi connectivity index (χ3n) is 10.8. The molecule has 18 nitrogen and oxygen atoms in total. The van der Waals surface area contributed by atoms with Crippen LogP contribution < -0.4 is 48.3 Å². The molecular formula is C46H72N10O8S. The molecule has 65 heavy (non-hydrogen) atoms. The Kier molecular flexibility index (Phi) is 22.1. The number of primary amides is 1. The summed E-state index contributed by atoms with van der Waals surface area (Å²) in [6.07, 6.45) is 2.70. The van der Waals surface area contributed by atoms with Gasteiger partial charge in [-0.05, 0) is 85.3 Å². The highest BCUT2D eigenvalue weighted by Crippen LogP contribution is 2.29. The summed E-state index contributed by atoms with van der Waals surface area (Å²) in [4.78, 5) is 97.7. The predicted molar refractivity (Wildman–Crippen MR) is 254 cm³/mol. The van der Waals surface area contributed by atoms with E-state index in [1.165, 1.54) is 4.90 Å². The van der Waals surface area contributed by atoms with Crippen LogP contribution in [0.15, 0.2) is 65.1 Å². The fourth-order valence-corrected chi connectivity index (χ4v) is 7.55. The number of nitrogens with one attached hydrogen (secondary N) is 7. The third kappa shape index (κ3) is 18.5. The Balaban J connectivity index is 2.09. The van der Waals surface area contributed by atoms with Crippen LogP contribution in [0.4, 0.5) is 10.5 Å². The molecule has 0 heterocycles. The number of rotatable bonds is 25. The number of nitrogens with zero attached hydrogens (tertiary/aromatic N) is 1. The zero-order valence-electron chi connectivity index (χ0n) is 39.9. The Hall–Kier alpha value is -5.50. The van der Waals surface area contributed by atoms with Crippen LogP contribution in [0.1, 0.15) is 92.7 Å². The molecule has 0 saturated carbocycles. The summed E-state index contributed by atoms with van der Waals surface area (Å²) in [5.74, 6) is 2.68. The fraction of sp³-hybridized carbons (Fsp3) is 0.543. The van der Waals surface area contributed by atoms with Gasteiger partial charge in [0.05, 0.1) is 19.2 Å². The van der Waals surface area contributed by atoms with Gasteiger partial charge >= 0.3 is 6.03 Å². The molecule has 0 aliphatic heterocycles. The molecule has 8 amide bonds. The summed E-state index contributed by atoms with van der Waals surface area (Å²) in [5, 5.41) is 16.7. The second-order valence-corrected chi connectivity index (χ2v) is 19.3. The summed E-state index contributed by atoms with van der Waals surface area (Å²) < 4.78 is 2.82. The topological polar surface area (TPSA) is 268 Å². The molecule has 0 radical (unpaired) electrons. The van der Waals surface area contributed by atoms with Gasteiger partial charge in [0.1, 0.15) is 12.1 Å². The number of benzene rings is 2. The van der Waals surface area contributed by atoms with Crippen LogP contribution in [0.3, 0.4) is 0 Å². The van der Waals surface area contributed by atoms with E-state index in [9.17, 15) is 33.6 Å². The van der Waals surface area contributed by atoms with Gasteiger partial charge in [-0.1, -0.05) is 91.8 Å². The van der Waals surface area contributed by atoms with Crippen LogP contribution in [-0.4, -0.2) is 105 Å². The van der Waals surface area contributed by atoms with Gasteiger partial charge in [0.2, 0.25) is 29.5 Å². The van der Waals surface area contributed by atoms with Gasteiger partial charge in [0, 0.05) is 48.1 Å². The van der Waals surface area contributed by atoms with E-state index in [0.717, 1.165) is 23.1 Å². The molecule has 2 aromatic carbocycles. The number of hydrogen-bond donors (Lipinski definition) is 9. The lowest BCUT2D eigenvalue weighted by Crippen LogP contribution is -2.60. The molecule has 0 aliphatic carbocycles. The van der Waals surface area contributed by atoms with E-state index in [4.69, 9.17) is 11.6 Å². The maximum Gasteiger partial charge on any atom is 0.312 e. The zero-order chi connectivity index (χ0) is 49.1. The number of hydrogen-bond acceptors (Lipinski definition) is 11. The molecule has 2 rings (SSSR count). The minimum atomic E-state index is -1.01. The number of aryl methyl sites for hydroxylation is 1. The first-order valence-corrected chi connectivity index (χ1v) is 22.4. The van der Waals surface area contributed by atoms with E-state index in [0.29, 0.717) is 29.0 Å². The maximum atomic E-state index is 13.8. The van der Waals surface area contributed by atoms with E-state index in [-0.39, 0.29) is 56.8 Å². The molecule has 0 saturated heterocycles. The minimum absolute atomic E-state index is 0.0585. The lowest BCUT2D eigenvalue weighted by Gasteiger charge is -2.38. The Morgan fingerprint density at radius 1 is 0.877 bits per heavy atom. The van der Waals surface area contributed by atoms with Crippen LogP contribution >= 0.6 is 11.9 Å². The van der Waals surface area contributed by atoms with E-state index in [2.05, 4.69) is 41.5 Å². The van der Waals surface area contributed by atoms with Crippen molar-refractivity contribution in [3.63, 3.8) is 0 Å². The summed E-state index contributed by atoms with van der Waals surface area (Å²) in [6.45, 7) is 16.8. The average Bonchev–Trinajstić information content (AvgIpc) is 3.23. The number of likely N-dealkylation sites (N-methyl/N-ethyl adjacent to an activating group) is 2. The molecule has 19 heteroatoms. The normalized spacial score (nSPS) is 13.4. The maximum absolute atomic E-state index is 13.8. The van der Waals surface area contributed by atoms with E-state index >= 15 is 0 Å². The van der Waals surface area contributed by atoms with Gasteiger partial charge in [0.25, 0.3) is 5.91 Å². The molecule has 0 fully saturated rings. The smallest absolute Gasteiger partial charge is 0.312 e. The van der Waals surface area contributed by atoms with Crippen molar-refractivity contribution in [1.29, 1.82) is 0 Å². The SMILES string of the molecule is CCc1cc(SNC(=O)/C(C)=C/CN(C)C(=O)C(NC(=O)C(NC)C(C)(C)c2ccccc2)C(C)(C)C)ccc1NC(=O)C(CCCNC(N)=O)NC(=O)CNC(=O)CC(C)(C)CON. The van der Waals surface area contributed by atoms with E-state index in [1.807, 2.05) is 77.9 Å². The van der Waals surface area contributed by atoms with Crippen molar-refractivity contribution in [2.75, 3.05) is 45.7 Å². The average molecular weight is 925 g/mol. The Bertz CT molecular complexity index is 1990. The Morgan fingerprint density at radius 3 is 2.12 bits per heavy atom. The molecule has 0 aromatic heterocycles.